The van der Waals surface area contributed by atoms with E-state index >= 15 is 0 Å². The van der Waals surface area contributed by atoms with Crippen molar-refractivity contribution in [1.29, 1.82) is 0 Å². The number of ether oxygens (including phenoxy) is 2. The first-order valence-corrected chi connectivity index (χ1v) is 5.73. The highest BCUT2D eigenvalue weighted by molar-refractivity contribution is 4.95. The molecule has 0 amide bonds. The van der Waals surface area contributed by atoms with E-state index in [1.54, 1.807) is 0 Å². The van der Waals surface area contributed by atoms with E-state index in [0.717, 1.165) is 51.2 Å². The molecule has 0 bridgehead atoms. The van der Waals surface area contributed by atoms with E-state index < -0.39 is 0 Å². The van der Waals surface area contributed by atoms with Gasteiger partial charge in [0.05, 0.1) is 19.3 Å². The zero-order valence-electron chi connectivity index (χ0n) is 8.45. The molecule has 0 radical (unpaired) electrons. The van der Waals surface area contributed by atoms with E-state index in [0.29, 0.717) is 5.92 Å². The lowest BCUT2D eigenvalue weighted by molar-refractivity contribution is -0.154. The molecule has 3 nitrogen and oxygen atoms in total. The standard InChI is InChI=1S/C11H18O3/c12-10-2-1-8-6-11(7-9(8)5-10)13-3-4-14-11/h8-10,12H,1-7H2. The Kier molecular flexibility index (Phi) is 2.08. The van der Waals surface area contributed by atoms with Crippen molar-refractivity contribution in [2.75, 3.05) is 13.2 Å². The van der Waals surface area contributed by atoms with Crippen LogP contribution in [0.25, 0.3) is 0 Å². The summed E-state index contributed by atoms with van der Waals surface area (Å²) in [5.41, 5.74) is 0. The fourth-order valence-electron chi connectivity index (χ4n) is 3.44. The molecule has 2 aliphatic carbocycles. The summed E-state index contributed by atoms with van der Waals surface area (Å²) in [6.07, 6.45) is 5.07. The van der Waals surface area contributed by atoms with Crippen LogP contribution in [0.5, 0.6) is 0 Å². The van der Waals surface area contributed by atoms with Gasteiger partial charge in [-0.1, -0.05) is 0 Å². The van der Waals surface area contributed by atoms with Gasteiger partial charge in [-0.05, 0) is 31.1 Å². The van der Waals surface area contributed by atoms with Crippen LogP contribution in [0, 0.1) is 11.8 Å². The van der Waals surface area contributed by atoms with Crippen molar-refractivity contribution in [3.8, 4) is 0 Å². The summed E-state index contributed by atoms with van der Waals surface area (Å²) in [5, 5.41) is 9.61. The Balaban J connectivity index is 1.72. The highest BCUT2D eigenvalue weighted by Crippen LogP contribution is 2.50. The highest BCUT2D eigenvalue weighted by Gasteiger charge is 2.50. The number of hydrogen-bond acceptors (Lipinski definition) is 3. The van der Waals surface area contributed by atoms with Crippen LogP contribution in [0.15, 0.2) is 0 Å². The summed E-state index contributed by atoms with van der Waals surface area (Å²) in [6.45, 7) is 1.50. The minimum atomic E-state index is -0.251. The number of hydrogen-bond donors (Lipinski definition) is 1. The Morgan fingerprint density at radius 2 is 1.71 bits per heavy atom. The van der Waals surface area contributed by atoms with Gasteiger partial charge in [0, 0.05) is 12.8 Å². The predicted molar refractivity (Wildman–Crippen MR) is 50.7 cm³/mol. The van der Waals surface area contributed by atoms with Gasteiger partial charge in [0.1, 0.15) is 0 Å². The van der Waals surface area contributed by atoms with E-state index in [9.17, 15) is 5.11 Å². The van der Waals surface area contributed by atoms with Gasteiger partial charge in [0.2, 0.25) is 0 Å². The maximum atomic E-state index is 9.61. The molecular formula is C11H18O3. The number of fused-ring (bicyclic) bond motifs is 1. The Labute approximate surface area is 84.4 Å². The third-order valence-corrected chi connectivity index (χ3v) is 4.07. The lowest BCUT2D eigenvalue weighted by atomic mass is 9.80. The van der Waals surface area contributed by atoms with Gasteiger partial charge in [-0.25, -0.2) is 0 Å². The molecule has 14 heavy (non-hydrogen) atoms. The monoisotopic (exact) mass is 198 g/mol. The molecule has 3 heteroatoms. The van der Waals surface area contributed by atoms with Crippen LogP contribution >= 0.6 is 0 Å². The SMILES string of the molecule is OC1CCC2CC3(CC2C1)OCCO3. The van der Waals surface area contributed by atoms with Gasteiger partial charge in [0.25, 0.3) is 0 Å². The van der Waals surface area contributed by atoms with Crippen molar-refractivity contribution in [1.82, 2.24) is 0 Å². The van der Waals surface area contributed by atoms with E-state index in [1.807, 2.05) is 0 Å². The number of aliphatic hydroxyl groups is 1. The molecule has 1 N–H and O–H groups in total. The van der Waals surface area contributed by atoms with Crippen molar-refractivity contribution in [3.63, 3.8) is 0 Å². The van der Waals surface area contributed by atoms with Gasteiger partial charge in [0.15, 0.2) is 5.79 Å². The average Bonchev–Trinajstić information content (AvgIpc) is 2.72. The first-order chi connectivity index (χ1) is 6.77. The molecule has 3 aliphatic rings. The molecule has 3 atom stereocenters. The summed E-state index contributed by atoms with van der Waals surface area (Å²) in [5.74, 6) is 1.12. The fraction of sp³-hybridized carbons (Fsp3) is 1.00. The van der Waals surface area contributed by atoms with Crippen LogP contribution in [-0.4, -0.2) is 30.2 Å². The largest absolute Gasteiger partial charge is 0.393 e. The first kappa shape index (κ1) is 9.13. The zero-order valence-corrected chi connectivity index (χ0v) is 8.45. The average molecular weight is 198 g/mol. The van der Waals surface area contributed by atoms with Crippen LogP contribution in [0.2, 0.25) is 0 Å². The van der Waals surface area contributed by atoms with Gasteiger partial charge >= 0.3 is 0 Å². The molecule has 1 saturated heterocycles. The van der Waals surface area contributed by atoms with Crippen LogP contribution < -0.4 is 0 Å². The summed E-state index contributed by atoms with van der Waals surface area (Å²) in [4.78, 5) is 0. The summed E-state index contributed by atoms with van der Waals surface area (Å²) in [6, 6.07) is 0. The summed E-state index contributed by atoms with van der Waals surface area (Å²) in [7, 11) is 0. The third kappa shape index (κ3) is 1.38. The second-order valence-electron chi connectivity index (χ2n) is 5.00. The summed E-state index contributed by atoms with van der Waals surface area (Å²) >= 11 is 0. The van der Waals surface area contributed by atoms with Gasteiger partial charge < -0.3 is 14.6 Å². The number of rotatable bonds is 0. The molecule has 2 saturated carbocycles. The molecule has 0 aromatic carbocycles. The maximum absolute atomic E-state index is 9.61. The molecular weight excluding hydrogens is 180 g/mol. The van der Waals surface area contributed by atoms with Crippen molar-refractivity contribution >= 4 is 0 Å². The van der Waals surface area contributed by atoms with Gasteiger partial charge in [-0.15, -0.1) is 0 Å². The Morgan fingerprint density at radius 1 is 1.00 bits per heavy atom. The van der Waals surface area contributed by atoms with Gasteiger partial charge in [-0.2, -0.15) is 0 Å². The molecule has 3 rings (SSSR count). The summed E-state index contributed by atoms with van der Waals surface area (Å²) < 4.78 is 11.4. The number of aliphatic hydroxyl groups excluding tert-OH is 1. The molecule has 0 aromatic rings. The third-order valence-electron chi connectivity index (χ3n) is 4.07. The Hall–Kier alpha value is -0.120. The lowest BCUT2D eigenvalue weighted by Crippen LogP contribution is -2.26. The molecule has 1 spiro atoms. The van der Waals surface area contributed by atoms with Crippen LogP contribution in [0.3, 0.4) is 0 Å². The molecule has 0 aromatic heterocycles. The van der Waals surface area contributed by atoms with Crippen molar-refractivity contribution in [2.24, 2.45) is 11.8 Å². The smallest absolute Gasteiger partial charge is 0.169 e. The van der Waals surface area contributed by atoms with Crippen LogP contribution in [0.1, 0.15) is 32.1 Å². The highest BCUT2D eigenvalue weighted by atomic mass is 16.7. The normalized spacial score (nSPS) is 45.6. The maximum Gasteiger partial charge on any atom is 0.169 e. The Bertz CT molecular complexity index is 223. The van der Waals surface area contributed by atoms with Crippen molar-refractivity contribution in [3.05, 3.63) is 0 Å². The minimum absolute atomic E-state index is 0.0761. The van der Waals surface area contributed by atoms with E-state index in [2.05, 4.69) is 0 Å². The topological polar surface area (TPSA) is 38.7 Å². The van der Waals surface area contributed by atoms with E-state index in [4.69, 9.17) is 9.47 Å². The lowest BCUT2D eigenvalue weighted by Gasteiger charge is -2.27. The molecule has 3 fully saturated rings. The van der Waals surface area contributed by atoms with Crippen molar-refractivity contribution in [2.45, 2.75) is 44.0 Å². The first-order valence-electron chi connectivity index (χ1n) is 5.73. The second-order valence-corrected chi connectivity index (χ2v) is 5.00. The van der Waals surface area contributed by atoms with Gasteiger partial charge in [-0.3, -0.25) is 0 Å². The van der Waals surface area contributed by atoms with Crippen LogP contribution in [-0.2, 0) is 9.47 Å². The fourth-order valence-corrected chi connectivity index (χ4v) is 3.44. The molecule has 1 heterocycles. The zero-order chi connectivity index (χ0) is 9.60. The molecule has 1 aliphatic heterocycles. The molecule has 80 valence electrons. The van der Waals surface area contributed by atoms with Crippen LogP contribution in [0.4, 0.5) is 0 Å². The Morgan fingerprint density at radius 3 is 2.50 bits per heavy atom. The molecule has 3 unspecified atom stereocenters. The quantitative estimate of drug-likeness (QED) is 0.637. The second kappa shape index (κ2) is 3.19. The van der Waals surface area contributed by atoms with E-state index in [1.165, 1.54) is 0 Å². The van der Waals surface area contributed by atoms with Crippen molar-refractivity contribution < 1.29 is 14.6 Å². The van der Waals surface area contributed by atoms with E-state index in [-0.39, 0.29) is 11.9 Å². The minimum Gasteiger partial charge on any atom is -0.393 e. The predicted octanol–water partition coefficient (Wildman–Crippen LogP) is 1.30.